The lowest BCUT2D eigenvalue weighted by Crippen LogP contribution is -2.59. The minimum absolute atomic E-state index is 0.197. The lowest BCUT2D eigenvalue weighted by molar-refractivity contribution is -0.190. The Hall–Kier alpha value is -0.610. The Labute approximate surface area is 123 Å². The predicted octanol–water partition coefficient (Wildman–Crippen LogP) is 2.17. The van der Waals surface area contributed by atoms with Crippen molar-refractivity contribution in [1.82, 2.24) is 4.90 Å². The van der Waals surface area contributed by atoms with Gasteiger partial charge in [0.1, 0.15) is 0 Å². The molecule has 1 aliphatic carbocycles. The van der Waals surface area contributed by atoms with Crippen molar-refractivity contribution in [3.63, 3.8) is 0 Å². The first-order valence-corrected chi connectivity index (χ1v) is 7.91. The molecular formula is C16H30N2O2. The van der Waals surface area contributed by atoms with E-state index in [9.17, 15) is 4.79 Å². The normalized spacial score (nSPS) is 33.0. The summed E-state index contributed by atoms with van der Waals surface area (Å²) in [5.41, 5.74) is 5.21. The molecule has 0 radical (unpaired) electrons. The van der Waals surface area contributed by atoms with Crippen molar-refractivity contribution in [2.75, 3.05) is 19.6 Å². The number of rotatable bonds is 2. The first kappa shape index (κ1) is 15.8. The van der Waals surface area contributed by atoms with E-state index in [1.807, 2.05) is 4.90 Å². The van der Waals surface area contributed by atoms with Crippen LogP contribution < -0.4 is 5.73 Å². The lowest BCUT2D eigenvalue weighted by atomic mass is 9.81. The van der Waals surface area contributed by atoms with E-state index in [4.69, 9.17) is 10.5 Å². The van der Waals surface area contributed by atoms with Crippen LogP contribution in [0.15, 0.2) is 0 Å². The number of carbonyl (C=O) groups excluding carboxylic acids is 1. The topological polar surface area (TPSA) is 55.6 Å². The second-order valence-electron chi connectivity index (χ2n) is 7.77. The van der Waals surface area contributed by atoms with E-state index in [1.54, 1.807) is 0 Å². The van der Waals surface area contributed by atoms with E-state index in [-0.39, 0.29) is 17.1 Å². The Morgan fingerprint density at radius 1 is 1.10 bits per heavy atom. The third-order valence-electron chi connectivity index (χ3n) is 4.54. The van der Waals surface area contributed by atoms with Crippen LogP contribution in [0.5, 0.6) is 0 Å². The Bertz CT molecular complexity index is 341. The van der Waals surface area contributed by atoms with Gasteiger partial charge in [-0.1, -0.05) is 0 Å². The molecule has 1 saturated carbocycles. The average Bonchev–Trinajstić information content (AvgIpc) is 2.34. The first-order chi connectivity index (χ1) is 9.22. The van der Waals surface area contributed by atoms with Crippen LogP contribution in [-0.4, -0.2) is 41.6 Å². The predicted molar refractivity (Wildman–Crippen MR) is 80.3 cm³/mol. The molecule has 4 heteroatoms. The molecule has 2 fully saturated rings. The van der Waals surface area contributed by atoms with Crippen LogP contribution in [0.3, 0.4) is 0 Å². The Morgan fingerprint density at radius 3 is 2.05 bits per heavy atom. The Balaban J connectivity index is 1.98. The summed E-state index contributed by atoms with van der Waals surface area (Å²) in [5, 5.41) is 0. The van der Waals surface area contributed by atoms with Crippen LogP contribution in [0, 0.1) is 11.8 Å². The molecule has 2 aliphatic rings. The first-order valence-electron chi connectivity index (χ1n) is 7.91. The van der Waals surface area contributed by atoms with Gasteiger partial charge >= 0.3 is 0 Å². The summed E-state index contributed by atoms with van der Waals surface area (Å²) in [7, 11) is 0. The minimum atomic E-state index is -0.258. The molecule has 1 heterocycles. The molecule has 1 amide bonds. The summed E-state index contributed by atoms with van der Waals surface area (Å²) in [5.74, 6) is 1.14. The van der Waals surface area contributed by atoms with Gasteiger partial charge in [0, 0.05) is 19.0 Å². The van der Waals surface area contributed by atoms with Crippen LogP contribution in [0.4, 0.5) is 0 Å². The number of hydrogen-bond donors (Lipinski definition) is 1. The highest BCUT2D eigenvalue weighted by Crippen LogP contribution is 2.33. The van der Waals surface area contributed by atoms with E-state index in [0.29, 0.717) is 24.9 Å². The molecule has 0 spiro atoms. The molecule has 0 unspecified atom stereocenters. The third-order valence-corrected chi connectivity index (χ3v) is 4.54. The maximum absolute atomic E-state index is 12.8. The molecule has 2 rings (SSSR count). The number of morpholine rings is 1. The van der Waals surface area contributed by atoms with Crippen molar-refractivity contribution < 1.29 is 9.53 Å². The standard InChI is InChI=1S/C16H30N2O2/c1-15(2)10-18(11-16(3,4)20-15)14(19)13-7-5-12(9-17)6-8-13/h12-13H,5-11,17H2,1-4H3. The molecule has 4 nitrogen and oxygen atoms in total. The monoisotopic (exact) mass is 282 g/mol. The van der Waals surface area contributed by atoms with Gasteiger partial charge in [-0.05, 0) is 65.8 Å². The van der Waals surface area contributed by atoms with Crippen LogP contribution in [0.2, 0.25) is 0 Å². The van der Waals surface area contributed by atoms with Crippen LogP contribution in [-0.2, 0) is 9.53 Å². The molecule has 0 atom stereocenters. The molecule has 20 heavy (non-hydrogen) atoms. The minimum Gasteiger partial charge on any atom is -0.366 e. The second kappa shape index (κ2) is 5.64. The van der Waals surface area contributed by atoms with Gasteiger partial charge in [0.25, 0.3) is 0 Å². The zero-order valence-electron chi connectivity index (χ0n) is 13.4. The molecular weight excluding hydrogens is 252 g/mol. The molecule has 0 bridgehead atoms. The van der Waals surface area contributed by atoms with Gasteiger partial charge in [-0.2, -0.15) is 0 Å². The van der Waals surface area contributed by atoms with Gasteiger partial charge in [0.15, 0.2) is 0 Å². The molecule has 1 aliphatic heterocycles. The van der Waals surface area contributed by atoms with Gasteiger partial charge in [-0.3, -0.25) is 4.79 Å². The number of amides is 1. The number of nitrogens with zero attached hydrogens (tertiary/aromatic N) is 1. The lowest BCUT2D eigenvalue weighted by Gasteiger charge is -2.48. The van der Waals surface area contributed by atoms with Crippen molar-refractivity contribution >= 4 is 5.91 Å². The number of carbonyl (C=O) groups is 1. The molecule has 0 aromatic carbocycles. The van der Waals surface area contributed by atoms with Crippen molar-refractivity contribution in [2.24, 2.45) is 17.6 Å². The fraction of sp³-hybridized carbons (Fsp3) is 0.938. The zero-order valence-corrected chi connectivity index (χ0v) is 13.4. The summed E-state index contributed by atoms with van der Waals surface area (Å²) < 4.78 is 6.05. The largest absolute Gasteiger partial charge is 0.366 e. The molecule has 116 valence electrons. The summed E-state index contributed by atoms with van der Waals surface area (Å²) in [6.07, 6.45) is 4.20. The maximum Gasteiger partial charge on any atom is 0.225 e. The van der Waals surface area contributed by atoms with Crippen molar-refractivity contribution in [3.05, 3.63) is 0 Å². The summed E-state index contributed by atoms with van der Waals surface area (Å²) >= 11 is 0. The van der Waals surface area contributed by atoms with E-state index in [0.717, 1.165) is 32.2 Å². The SMILES string of the molecule is CC1(C)CN(C(=O)C2CCC(CN)CC2)CC(C)(C)O1. The second-order valence-corrected chi connectivity index (χ2v) is 7.77. The van der Waals surface area contributed by atoms with Crippen molar-refractivity contribution in [3.8, 4) is 0 Å². The highest BCUT2D eigenvalue weighted by atomic mass is 16.5. The van der Waals surface area contributed by atoms with E-state index >= 15 is 0 Å². The maximum atomic E-state index is 12.8. The van der Waals surface area contributed by atoms with Crippen LogP contribution >= 0.6 is 0 Å². The highest BCUT2D eigenvalue weighted by molar-refractivity contribution is 5.79. The van der Waals surface area contributed by atoms with Gasteiger partial charge < -0.3 is 15.4 Å². The summed E-state index contributed by atoms with van der Waals surface area (Å²) in [4.78, 5) is 14.8. The zero-order chi connectivity index (χ0) is 15.0. The molecule has 0 aromatic rings. The number of nitrogens with two attached hydrogens (primary N) is 1. The molecule has 0 aromatic heterocycles. The fourth-order valence-corrected chi connectivity index (χ4v) is 3.85. The summed E-state index contributed by atoms with van der Waals surface area (Å²) in [6, 6.07) is 0. The number of hydrogen-bond acceptors (Lipinski definition) is 3. The van der Waals surface area contributed by atoms with Crippen LogP contribution in [0.1, 0.15) is 53.4 Å². The van der Waals surface area contributed by atoms with Crippen molar-refractivity contribution in [2.45, 2.75) is 64.6 Å². The van der Waals surface area contributed by atoms with Crippen LogP contribution in [0.25, 0.3) is 0 Å². The Morgan fingerprint density at radius 2 is 1.60 bits per heavy atom. The Kier molecular flexibility index (Phi) is 4.45. The number of ether oxygens (including phenoxy) is 1. The third kappa shape index (κ3) is 3.73. The smallest absolute Gasteiger partial charge is 0.225 e. The quantitative estimate of drug-likeness (QED) is 0.844. The van der Waals surface area contributed by atoms with Gasteiger partial charge in [0.2, 0.25) is 5.91 Å². The van der Waals surface area contributed by atoms with E-state index in [2.05, 4.69) is 27.7 Å². The van der Waals surface area contributed by atoms with Gasteiger partial charge in [-0.15, -0.1) is 0 Å². The van der Waals surface area contributed by atoms with Crippen molar-refractivity contribution in [1.29, 1.82) is 0 Å². The molecule has 1 saturated heterocycles. The summed E-state index contributed by atoms with van der Waals surface area (Å²) in [6.45, 7) is 10.4. The van der Waals surface area contributed by atoms with Gasteiger partial charge in [0.05, 0.1) is 11.2 Å². The van der Waals surface area contributed by atoms with Gasteiger partial charge in [-0.25, -0.2) is 0 Å². The van der Waals surface area contributed by atoms with E-state index < -0.39 is 0 Å². The van der Waals surface area contributed by atoms with E-state index in [1.165, 1.54) is 0 Å². The average molecular weight is 282 g/mol. The highest BCUT2D eigenvalue weighted by Gasteiger charge is 2.41. The fourth-order valence-electron chi connectivity index (χ4n) is 3.85. The molecule has 2 N–H and O–H groups in total.